The number of nitrogens with zero attached hydrogens (tertiary/aromatic N) is 1. The quantitative estimate of drug-likeness (QED) is 0.539. The van der Waals surface area contributed by atoms with Crippen molar-refractivity contribution in [3.63, 3.8) is 0 Å². The van der Waals surface area contributed by atoms with Crippen LogP contribution in [-0.4, -0.2) is 41.0 Å². The summed E-state index contributed by atoms with van der Waals surface area (Å²) in [6, 6.07) is 11.2. The van der Waals surface area contributed by atoms with E-state index in [2.05, 4.69) is 16.6 Å². The van der Waals surface area contributed by atoms with Crippen LogP contribution in [-0.2, 0) is 14.3 Å². The number of halogens is 1. The van der Waals surface area contributed by atoms with Gasteiger partial charge in [-0.15, -0.1) is 6.42 Å². The molecule has 1 fully saturated rings. The van der Waals surface area contributed by atoms with Crippen molar-refractivity contribution in [2.24, 2.45) is 0 Å². The van der Waals surface area contributed by atoms with Crippen LogP contribution >= 0.6 is 11.6 Å². The van der Waals surface area contributed by atoms with Crippen molar-refractivity contribution in [1.82, 2.24) is 10.2 Å². The van der Waals surface area contributed by atoms with E-state index in [1.807, 2.05) is 13.0 Å². The van der Waals surface area contributed by atoms with Crippen molar-refractivity contribution in [1.29, 1.82) is 0 Å². The normalized spacial score (nSPS) is 13.8. The fourth-order valence-electron chi connectivity index (χ4n) is 3.65. The Morgan fingerprint density at radius 2 is 1.83 bits per heavy atom. The minimum atomic E-state index is -0.946. The molecule has 0 heterocycles. The van der Waals surface area contributed by atoms with Gasteiger partial charge in [0, 0.05) is 11.6 Å². The minimum absolute atomic E-state index is 0.127. The van der Waals surface area contributed by atoms with E-state index in [0.29, 0.717) is 21.8 Å². The van der Waals surface area contributed by atoms with E-state index in [0.717, 1.165) is 18.4 Å². The fraction of sp³-hybridized carbons (Fsp3) is 0.370. The summed E-state index contributed by atoms with van der Waals surface area (Å²) in [7, 11) is 0. The van der Waals surface area contributed by atoms with E-state index < -0.39 is 29.6 Å². The second-order valence-electron chi connectivity index (χ2n) is 9.48. The first-order chi connectivity index (χ1) is 16.5. The van der Waals surface area contributed by atoms with Gasteiger partial charge in [-0.25, -0.2) is 4.79 Å². The molecule has 1 aliphatic carbocycles. The first-order valence-electron chi connectivity index (χ1n) is 11.4. The molecule has 1 unspecified atom stereocenters. The molecule has 0 aromatic heterocycles. The molecule has 0 aliphatic heterocycles. The van der Waals surface area contributed by atoms with Gasteiger partial charge in [0.1, 0.15) is 18.2 Å². The predicted octanol–water partition coefficient (Wildman–Crippen LogP) is 4.83. The van der Waals surface area contributed by atoms with Crippen molar-refractivity contribution in [2.45, 2.75) is 58.2 Å². The summed E-state index contributed by atoms with van der Waals surface area (Å²) in [6.07, 6.45) is 6.31. The van der Waals surface area contributed by atoms with Gasteiger partial charge in [0.05, 0.1) is 10.7 Å². The highest BCUT2D eigenvalue weighted by Crippen LogP contribution is 2.36. The summed E-state index contributed by atoms with van der Waals surface area (Å²) in [5, 5.41) is 5.80. The van der Waals surface area contributed by atoms with Gasteiger partial charge in [-0.05, 0) is 69.9 Å². The van der Waals surface area contributed by atoms with Gasteiger partial charge in [-0.3, -0.25) is 9.59 Å². The van der Waals surface area contributed by atoms with E-state index in [1.54, 1.807) is 57.2 Å². The molecule has 8 heteroatoms. The summed E-state index contributed by atoms with van der Waals surface area (Å²) < 4.78 is 5.23. The van der Waals surface area contributed by atoms with Crippen LogP contribution < -0.4 is 10.6 Å². The molecule has 2 aromatic carbocycles. The van der Waals surface area contributed by atoms with Crippen LogP contribution in [0.3, 0.4) is 0 Å². The lowest BCUT2D eigenvalue weighted by Gasteiger charge is -2.32. The van der Waals surface area contributed by atoms with Crippen molar-refractivity contribution in [3.05, 3.63) is 64.2 Å². The molecule has 2 N–H and O–H groups in total. The molecule has 3 amide bonds. The van der Waals surface area contributed by atoms with Crippen LogP contribution in [0.2, 0.25) is 5.02 Å². The number of carbonyl (C=O) groups excluding carboxylic acids is 3. The molecule has 35 heavy (non-hydrogen) atoms. The number of hydrogen-bond acceptors (Lipinski definition) is 4. The Balaban J connectivity index is 1.91. The summed E-state index contributed by atoms with van der Waals surface area (Å²) in [4.78, 5) is 40.6. The lowest BCUT2D eigenvalue weighted by molar-refractivity contribution is -0.138. The second kappa shape index (κ2) is 10.8. The Hall–Kier alpha value is -3.50. The highest BCUT2D eigenvalue weighted by molar-refractivity contribution is 6.34. The highest BCUT2D eigenvalue weighted by atomic mass is 35.5. The van der Waals surface area contributed by atoms with Crippen LogP contribution in [0.25, 0.3) is 0 Å². The van der Waals surface area contributed by atoms with E-state index >= 15 is 0 Å². The molecule has 2 aromatic rings. The topological polar surface area (TPSA) is 87.7 Å². The summed E-state index contributed by atoms with van der Waals surface area (Å²) in [5.74, 6) is 1.75. The van der Waals surface area contributed by atoms with Crippen LogP contribution in [0.15, 0.2) is 42.5 Å². The predicted molar refractivity (Wildman–Crippen MR) is 136 cm³/mol. The molecule has 1 atom stereocenters. The first-order valence-corrected chi connectivity index (χ1v) is 11.8. The first kappa shape index (κ1) is 26.1. The van der Waals surface area contributed by atoms with Crippen LogP contribution in [0.1, 0.15) is 56.3 Å². The third-order valence-electron chi connectivity index (χ3n) is 5.40. The molecule has 3 rings (SSSR count). The zero-order chi connectivity index (χ0) is 25.8. The molecule has 1 aliphatic rings. The molecule has 7 nitrogen and oxygen atoms in total. The van der Waals surface area contributed by atoms with E-state index in [9.17, 15) is 14.4 Å². The number of para-hydroxylation sites is 1. The third-order valence-corrected chi connectivity index (χ3v) is 5.72. The summed E-state index contributed by atoms with van der Waals surface area (Å²) >= 11 is 6.34. The molecular formula is C27H30ClN3O4. The van der Waals surface area contributed by atoms with Gasteiger partial charge in [0.25, 0.3) is 5.91 Å². The monoisotopic (exact) mass is 495 g/mol. The average Bonchev–Trinajstić information content (AvgIpc) is 3.62. The second-order valence-corrected chi connectivity index (χ2v) is 9.88. The lowest BCUT2D eigenvalue weighted by atomic mass is 10.0. The van der Waals surface area contributed by atoms with Gasteiger partial charge < -0.3 is 20.3 Å². The van der Waals surface area contributed by atoms with Gasteiger partial charge in [-0.2, -0.15) is 0 Å². The highest BCUT2D eigenvalue weighted by Gasteiger charge is 2.41. The summed E-state index contributed by atoms with van der Waals surface area (Å²) in [5.41, 5.74) is 1.84. The molecule has 0 saturated heterocycles. The number of rotatable bonds is 7. The number of amides is 3. The van der Waals surface area contributed by atoms with E-state index in [-0.39, 0.29) is 12.6 Å². The van der Waals surface area contributed by atoms with Crippen molar-refractivity contribution in [2.75, 3.05) is 11.9 Å². The van der Waals surface area contributed by atoms with E-state index in [1.165, 1.54) is 4.90 Å². The van der Waals surface area contributed by atoms with Crippen molar-refractivity contribution >= 4 is 35.2 Å². The zero-order valence-electron chi connectivity index (χ0n) is 20.4. The number of ether oxygens (including phenoxy) is 1. The standard InChI is InChI=1S/C27H30ClN3O4/c1-6-18-10-12-19(13-11-18)24(25(33)30-23-17(2)8-7-9-21(23)28)31(20-14-15-20)22(32)16-29-26(34)35-27(3,4)5/h1,7-13,20,24H,14-16H2,2-5H3,(H,29,34)(H,30,33). The van der Waals surface area contributed by atoms with Crippen molar-refractivity contribution < 1.29 is 19.1 Å². The summed E-state index contributed by atoms with van der Waals surface area (Å²) in [6.45, 7) is 6.75. The Morgan fingerprint density at radius 1 is 1.17 bits per heavy atom. The molecule has 1 saturated carbocycles. The lowest BCUT2D eigenvalue weighted by Crippen LogP contribution is -2.47. The molecule has 0 radical (unpaired) electrons. The third kappa shape index (κ3) is 7.00. The molecule has 0 spiro atoms. The fourth-order valence-corrected chi connectivity index (χ4v) is 3.92. The smallest absolute Gasteiger partial charge is 0.408 e. The Kier molecular flexibility index (Phi) is 8.08. The Bertz CT molecular complexity index is 1120. The van der Waals surface area contributed by atoms with Crippen LogP contribution in [0, 0.1) is 19.3 Å². The maximum Gasteiger partial charge on any atom is 0.408 e. The maximum atomic E-state index is 13.7. The van der Waals surface area contributed by atoms with Crippen LogP contribution in [0.5, 0.6) is 0 Å². The van der Waals surface area contributed by atoms with Crippen LogP contribution in [0.4, 0.5) is 10.5 Å². The molecule has 184 valence electrons. The van der Waals surface area contributed by atoms with Gasteiger partial charge in [0.15, 0.2) is 0 Å². The number of anilines is 1. The largest absolute Gasteiger partial charge is 0.444 e. The SMILES string of the molecule is C#Cc1ccc(C(C(=O)Nc2c(C)cccc2Cl)N(C(=O)CNC(=O)OC(C)(C)C)C2CC2)cc1. The van der Waals surface area contributed by atoms with E-state index in [4.69, 9.17) is 22.8 Å². The zero-order valence-corrected chi connectivity index (χ0v) is 21.1. The van der Waals surface area contributed by atoms with Gasteiger partial charge in [-0.1, -0.05) is 41.8 Å². The minimum Gasteiger partial charge on any atom is -0.444 e. The number of nitrogens with one attached hydrogen (secondary N) is 2. The number of benzene rings is 2. The maximum absolute atomic E-state index is 13.7. The molecule has 0 bridgehead atoms. The van der Waals surface area contributed by atoms with Crippen molar-refractivity contribution in [3.8, 4) is 12.3 Å². The number of hydrogen-bond donors (Lipinski definition) is 2. The van der Waals surface area contributed by atoms with Gasteiger partial charge >= 0.3 is 6.09 Å². The van der Waals surface area contributed by atoms with Gasteiger partial charge in [0.2, 0.25) is 5.91 Å². The Morgan fingerprint density at radius 3 is 2.37 bits per heavy atom. The number of aryl methyl sites for hydroxylation is 1. The number of terminal acetylenes is 1. The Labute approximate surface area is 211 Å². The average molecular weight is 496 g/mol. The number of alkyl carbamates (subject to hydrolysis) is 1. The molecular weight excluding hydrogens is 466 g/mol. The number of carbonyl (C=O) groups is 3.